The maximum absolute atomic E-state index is 12.0. The summed E-state index contributed by atoms with van der Waals surface area (Å²) in [6, 6.07) is 3.06. The van der Waals surface area contributed by atoms with Gasteiger partial charge in [-0.25, -0.2) is 4.79 Å². The Hall–Kier alpha value is -2.28. The van der Waals surface area contributed by atoms with Crippen molar-refractivity contribution in [2.24, 2.45) is 0 Å². The molecule has 0 atom stereocenters. The number of carbonyl (C=O) groups is 2. The predicted octanol–water partition coefficient (Wildman–Crippen LogP) is 3.64. The van der Waals surface area contributed by atoms with Crippen LogP contribution in [0.2, 0.25) is 0 Å². The van der Waals surface area contributed by atoms with Gasteiger partial charge in [-0.3, -0.25) is 4.79 Å². The van der Waals surface area contributed by atoms with E-state index < -0.39 is 11.9 Å². The first kappa shape index (κ1) is 18.1. The Morgan fingerprint density at radius 3 is 2.17 bits per heavy atom. The monoisotopic (exact) mass is 396 g/mol. The van der Waals surface area contributed by atoms with Crippen molar-refractivity contribution in [3.05, 3.63) is 27.7 Å². The van der Waals surface area contributed by atoms with Crippen molar-refractivity contribution in [3.63, 3.8) is 0 Å². The van der Waals surface area contributed by atoms with Crippen molar-refractivity contribution >= 4 is 38.6 Å². The molecule has 2 aromatic carbocycles. The highest BCUT2D eigenvalue weighted by atomic mass is 79.9. The van der Waals surface area contributed by atoms with E-state index in [1.54, 1.807) is 6.07 Å². The zero-order valence-corrected chi connectivity index (χ0v) is 15.6. The number of ether oxygens (including phenoxy) is 4. The average molecular weight is 397 g/mol. The van der Waals surface area contributed by atoms with E-state index in [1.807, 2.05) is 6.92 Å². The Bertz CT molecular complexity index is 828. The van der Waals surface area contributed by atoms with Crippen molar-refractivity contribution in [2.45, 2.75) is 13.8 Å². The largest absolute Gasteiger partial charge is 0.496 e. The molecule has 2 rings (SSSR count). The SMILES string of the molecule is COC(=O)c1cc(OC(C)=O)c2c(OC)c(C)c(Br)c(OC)c2c1. The van der Waals surface area contributed by atoms with E-state index in [9.17, 15) is 9.59 Å². The third-order valence-electron chi connectivity index (χ3n) is 3.53. The molecule has 0 aliphatic rings. The molecular formula is C17H17BrO6. The van der Waals surface area contributed by atoms with Gasteiger partial charge in [0.1, 0.15) is 17.2 Å². The summed E-state index contributed by atoms with van der Waals surface area (Å²) in [6.45, 7) is 3.13. The average Bonchev–Trinajstić information content (AvgIpc) is 2.55. The van der Waals surface area contributed by atoms with E-state index in [4.69, 9.17) is 18.9 Å². The first-order valence-electron chi connectivity index (χ1n) is 7.00. The van der Waals surface area contributed by atoms with Gasteiger partial charge in [0.05, 0.1) is 36.8 Å². The van der Waals surface area contributed by atoms with Crippen molar-refractivity contribution in [1.82, 2.24) is 0 Å². The van der Waals surface area contributed by atoms with Gasteiger partial charge in [0, 0.05) is 17.9 Å². The molecule has 0 aliphatic carbocycles. The van der Waals surface area contributed by atoms with Crippen molar-refractivity contribution < 1.29 is 28.5 Å². The number of fused-ring (bicyclic) bond motifs is 1. The Balaban J connectivity index is 3.01. The zero-order chi connectivity index (χ0) is 18.0. The van der Waals surface area contributed by atoms with E-state index >= 15 is 0 Å². The molecule has 7 heteroatoms. The molecule has 0 radical (unpaired) electrons. The van der Waals surface area contributed by atoms with Crippen LogP contribution in [0.4, 0.5) is 0 Å². The van der Waals surface area contributed by atoms with Gasteiger partial charge in [0.25, 0.3) is 0 Å². The third-order valence-corrected chi connectivity index (χ3v) is 4.48. The summed E-state index contributed by atoms with van der Waals surface area (Å²) in [4.78, 5) is 23.4. The van der Waals surface area contributed by atoms with Gasteiger partial charge >= 0.3 is 11.9 Å². The molecular weight excluding hydrogens is 380 g/mol. The smallest absolute Gasteiger partial charge is 0.338 e. The lowest BCUT2D eigenvalue weighted by molar-refractivity contribution is -0.131. The molecule has 0 heterocycles. The van der Waals surface area contributed by atoms with Gasteiger partial charge in [-0.2, -0.15) is 0 Å². The summed E-state index contributed by atoms with van der Waals surface area (Å²) < 4.78 is 21.7. The van der Waals surface area contributed by atoms with Crippen LogP contribution in [0, 0.1) is 6.92 Å². The minimum absolute atomic E-state index is 0.200. The molecule has 24 heavy (non-hydrogen) atoms. The van der Waals surface area contributed by atoms with Crippen LogP contribution >= 0.6 is 15.9 Å². The molecule has 0 bridgehead atoms. The Kier molecular flexibility index (Phi) is 5.33. The number of carbonyl (C=O) groups excluding carboxylic acids is 2. The number of esters is 2. The van der Waals surface area contributed by atoms with Gasteiger partial charge in [-0.1, -0.05) is 0 Å². The van der Waals surface area contributed by atoms with Crippen LogP contribution in [0.25, 0.3) is 10.8 Å². The summed E-state index contributed by atoms with van der Waals surface area (Å²) in [6.07, 6.45) is 0. The standard InChI is InChI=1S/C17H17BrO6/c1-8-14(18)16(22-4)11-6-10(17(20)23-5)7-12(24-9(2)19)13(11)15(8)21-3/h6-7H,1-5H3. The Morgan fingerprint density at radius 2 is 1.67 bits per heavy atom. The zero-order valence-electron chi connectivity index (χ0n) is 14.0. The quantitative estimate of drug-likeness (QED) is 0.580. The maximum atomic E-state index is 12.0. The summed E-state index contributed by atoms with van der Waals surface area (Å²) in [5, 5.41) is 1.10. The van der Waals surface area contributed by atoms with E-state index in [-0.39, 0.29) is 11.3 Å². The summed E-state index contributed by atoms with van der Waals surface area (Å²) in [7, 11) is 4.31. The van der Waals surface area contributed by atoms with Crippen LogP contribution in [0.3, 0.4) is 0 Å². The van der Waals surface area contributed by atoms with E-state index in [0.717, 1.165) is 5.56 Å². The van der Waals surface area contributed by atoms with Crippen LogP contribution in [0.1, 0.15) is 22.8 Å². The number of halogens is 1. The fraction of sp³-hybridized carbons (Fsp3) is 0.294. The maximum Gasteiger partial charge on any atom is 0.338 e. The van der Waals surface area contributed by atoms with Gasteiger partial charge < -0.3 is 18.9 Å². The molecule has 0 spiro atoms. The Morgan fingerprint density at radius 1 is 1.04 bits per heavy atom. The second kappa shape index (κ2) is 7.09. The number of methoxy groups -OCH3 is 3. The molecule has 2 aromatic rings. The van der Waals surface area contributed by atoms with Crippen molar-refractivity contribution in [2.75, 3.05) is 21.3 Å². The first-order valence-corrected chi connectivity index (χ1v) is 7.79. The number of benzene rings is 2. The molecule has 0 unspecified atom stereocenters. The molecule has 0 fully saturated rings. The van der Waals surface area contributed by atoms with Crippen LogP contribution < -0.4 is 14.2 Å². The fourth-order valence-electron chi connectivity index (χ4n) is 2.53. The van der Waals surface area contributed by atoms with Gasteiger partial charge in [-0.05, 0) is 35.0 Å². The number of rotatable bonds is 4. The van der Waals surface area contributed by atoms with Crippen LogP contribution in [-0.4, -0.2) is 33.3 Å². The van der Waals surface area contributed by atoms with Crippen molar-refractivity contribution in [3.8, 4) is 17.2 Å². The molecule has 0 saturated carbocycles. The molecule has 0 aromatic heterocycles. The van der Waals surface area contributed by atoms with E-state index in [2.05, 4.69) is 15.9 Å². The summed E-state index contributed by atoms with van der Waals surface area (Å²) in [5.74, 6) is 0.155. The molecule has 0 N–H and O–H groups in total. The van der Waals surface area contributed by atoms with Crippen LogP contribution in [0.15, 0.2) is 16.6 Å². The second-order valence-electron chi connectivity index (χ2n) is 4.99. The fourth-order valence-corrected chi connectivity index (χ4v) is 3.09. The molecule has 128 valence electrons. The Labute approximate surface area is 147 Å². The molecule has 0 saturated heterocycles. The normalized spacial score (nSPS) is 10.4. The molecule has 6 nitrogen and oxygen atoms in total. The van der Waals surface area contributed by atoms with E-state index in [0.29, 0.717) is 26.7 Å². The highest BCUT2D eigenvalue weighted by Gasteiger charge is 2.23. The van der Waals surface area contributed by atoms with Gasteiger partial charge in [0.15, 0.2) is 0 Å². The molecule has 0 amide bonds. The highest BCUT2D eigenvalue weighted by molar-refractivity contribution is 9.10. The minimum Gasteiger partial charge on any atom is -0.496 e. The lowest BCUT2D eigenvalue weighted by atomic mass is 10.0. The van der Waals surface area contributed by atoms with Crippen LogP contribution in [-0.2, 0) is 9.53 Å². The predicted molar refractivity (Wildman–Crippen MR) is 92.1 cm³/mol. The topological polar surface area (TPSA) is 71.1 Å². The third kappa shape index (κ3) is 3.03. The van der Waals surface area contributed by atoms with Crippen LogP contribution in [0.5, 0.6) is 17.2 Å². The minimum atomic E-state index is -0.553. The lowest BCUT2D eigenvalue weighted by Crippen LogP contribution is -2.07. The summed E-state index contributed by atoms with van der Waals surface area (Å²) in [5.41, 5.74) is 1.01. The van der Waals surface area contributed by atoms with Gasteiger partial charge in [0.2, 0.25) is 0 Å². The first-order chi connectivity index (χ1) is 11.3. The van der Waals surface area contributed by atoms with Crippen molar-refractivity contribution in [1.29, 1.82) is 0 Å². The van der Waals surface area contributed by atoms with E-state index in [1.165, 1.54) is 34.3 Å². The number of hydrogen-bond acceptors (Lipinski definition) is 6. The highest BCUT2D eigenvalue weighted by Crippen LogP contribution is 2.47. The second-order valence-corrected chi connectivity index (χ2v) is 5.78. The lowest BCUT2D eigenvalue weighted by Gasteiger charge is -2.18. The molecule has 0 aliphatic heterocycles. The van der Waals surface area contributed by atoms with Gasteiger partial charge in [-0.15, -0.1) is 0 Å². The number of hydrogen-bond donors (Lipinski definition) is 0. The summed E-state index contributed by atoms with van der Waals surface area (Å²) >= 11 is 3.48.